The first-order valence-corrected chi connectivity index (χ1v) is 10.9. The predicted molar refractivity (Wildman–Crippen MR) is 115 cm³/mol. The third kappa shape index (κ3) is 4.80. The Kier molecular flexibility index (Phi) is 6.38. The molecule has 31 heavy (non-hydrogen) atoms. The Morgan fingerprint density at radius 1 is 1.06 bits per heavy atom. The minimum Gasteiger partial charge on any atom is -0.503 e. The molecule has 2 fully saturated rings. The van der Waals surface area contributed by atoms with Crippen molar-refractivity contribution < 1.29 is 14.3 Å². The molecule has 2 aliphatic heterocycles. The average Bonchev–Trinajstić information content (AvgIpc) is 3.60. The number of benzene rings is 1. The molecule has 1 unspecified atom stereocenters. The monoisotopic (exact) mass is 428 g/mol. The van der Waals surface area contributed by atoms with Crippen LogP contribution in [0.15, 0.2) is 41.3 Å². The summed E-state index contributed by atoms with van der Waals surface area (Å²) < 4.78 is 13.9. The largest absolute Gasteiger partial charge is 0.503 e. The zero-order chi connectivity index (χ0) is 22.0. The number of aromatic hydroxyl groups is 1. The number of amides is 1. The van der Waals surface area contributed by atoms with Crippen LogP contribution < -0.4 is 11.2 Å². The summed E-state index contributed by atoms with van der Waals surface area (Å²) in [6.45, 7) is 3.87. The van der Waals surface area contributed by atoms with Gasteiger partial charge in [-0.1, -0.05) is 12.1 Å². The first-order chi connectivity index (χ1) is 15.0. The van der Waals surface area contributed by atoms with Gasteiger partial charge < -0.3 is 20.3 Å². The fourth-order valence-corrected chi connectivity index (χ4v) is 4.26. The number of carbonyl (C=O) groups excluding carboxylic acids is 1. The number of hydrogen-bond acceptors (Lipinski definition) is 5. The molecule has 0 bridgehead atoms. The molecule has 1 aromatic carbocycles. The highest BCUT2D eigenvalue weighted by molar-refractivity contribution is 5.96. The number of carbonyl (C=O) groups is 1. The maximum Gasteiger partial charge on any atom is 0.275 e. The van der Waals surface area contributed by atoms with E-state index < -0.39 is 11.2 Å². The molecule has 3 heterocycles. The van der Waals surface area contributed by atoms with Crippen LogP contribution in [0.25, 0.3) is 0 Å². The second-order valence-corrected chi connectivity index (χ2v) is 8.48. The Hall–Kier alpha value is -2.71. The Bertz CT molecular complexity index is 987. The van der Waals surface area contributed by atoms with E-state index in [1.807, 2.05) is 4.90 Å². The maximum atomic E-state index is 12.8. The van der Waals surface area contributed by atoms with Gasteiger partial charge in [0.2, 0.25) is 5.43 Å². The SMILES string of the molecule is NCc1ccc(F)cc1.O=C1c2c(O)c(=O)ccn2CC2N(CC3CC3)CCCCN12. The van der Waals surface area contributed by atoms with E-state index in [0.717, 1.165) is 37.4 Å². The molecule has 3 N–H and O–H groups in total. The van der Waals surface area contributed by atoms with Crippen molar-refractivity contribution in [1.29, 1.82) is 0 Å². The lowest BCUT2D eigenvalue weighted by molar-refractivity contribution is 0.0206. The van der Waals surface area contributed by atoms with Crippen molar-refractivity contribution in [1.82, 2.24) is 14.4 Å². The Morgan fingerprint density at radius 3 is 2.45 bits per heavy atom. The number of pyridine rings is 1. The number of aromatic nitrogens is 1. The van der Waals surface area contributed by atoms with Crippen LogP contribution in [0.5, 0.6) is 5.75 Å². The summed E-state index contributed by atoms with van der Waals surface area (Å²) in [6, 6.07) is 7.50. The molecule has 1 saturated carbocycles. The van der Waals surface area contributed by atoms with Crippen molar-refractivity contribution >= 4 is 5.91 Å². The van der Waals surface area contributed by atoms with Gasteiger partial charge in [-0.15, -0.1) is 0 Å². The number of hydrogen-bond donors (Lipinski definition) is 2. The second kappa shape index (κ2) is 9.20. The molecule has 1 saturated heterocycles. The summed E-state index contributed by atoms with van der Waals surface area (Å²) in [5.41, 5.74) is 5.90. The molecule has 5 rings (SSSR count). The Labute approximate surface area is 180 Å². The fraction of sp³-hybridized carbons (Fsp3) is 0.478. The molecule has 0 spiro atoms. The van der Waals surface area contributed by atoms with Crippen LogP contribution in [-0.4, -0.2) is 51.2 Å². The highest BCUT2D eigenvalue weighted by Gasteiger charge is 2.40. The van der Waals surface area contributed by atoms with Gasteiger partial charge in [-0.25, -0.2) is 4.39 Å². The summed E-state index contributed by atoms with van der Waals surface area (Å²) in [5.74, 6) is -0.0656. The molecule has 1 aromatic heterocycles. The van der Waals surface area contributed by atoms with Crippen molar-refractivity contribution in [3.63, 3.8) is 0 Å². The number of halogens is 1. The summed E-state index contributed by atoms with van der Waals surface area (Å²) in [5, 5.41) is 10.0. The van der Waals surface area contributed by atoms with Gasteiger partial charge in [0.15, 0.2) is 11.4 Å². The Morgan fingerprint density at radius 2 is 1.77 bits per heavy atom. The molecular weight excluding hydrogens is 399 g/mol. The number of nitrogens with zero attached hydrogens (tertiary/aromatic N) is 3. The average molecular weight is 429 g/mol. The topological polar surface area (TPSA) is 91.8 Å². The molecule has 166 valence electrons. The molecule has 1 atom stereocenters. The third-order valence-corrected chi connectivity index (χ3v) is 6.19. The minimum atomic E-state index is -0.484. The van der Waals surface area contributed by atoms with Crippen LogP contribution in [0.4, 0.5) is 4.39 Å². The van der Waals surface area contributed by atoms with Gasteiger partial charge in [0.1, 0.15) is 12.0 Å². The fourth-order valence-electron chi connectivity index (χ4n) is 4.26. The van der Waals surface area contributed by atoms with Crippen molar-refractivity contribution in [3.8, 4) is 5.75 Å². The highest BCUT2D eigenvalue weighted by atomic mass is 19.1. The lowest BCUT2D eigenvalue weighted by Gasteiger charge is -2.42. The highest BCUT2D eigenvalue weighted by Crippen LogP contribution is 2.33. The molecular formula is C23H29FN4O3. The standard InChI is InChI=1S/C16H21N3O3.C7H8FN/c20-12-5-8-18-10-13-17(9-11-3-4-11)6-1-2-7-19(13)16(22)14(18)15(12)21;8-7-3-1-6(5-9)2-4-7/h5,8,11,13,21H,1-4,6-7,9-10H2;1-4H,5,9H2. The number of rotatable bonds is 3. The number of nitrogens with two attached hydrogens (primary N) is 1. The predicted octanol–water partition coefficient (Wildman–Crippen LogP) is 2.13. The van der Waals surface area contributed by atoms with Crippen LogP contribution in [-0.2, 0) is 13.1 Å². The molecule has 1 amide bonds. The summed E-state index contributed by atoms with van der Waals surface area (Å²) in [6.07, 6.45) is 6.33. The lowest BCUT2D eigenvalue weighted by atomic mass is 10.1. The van der Waals surface area contributed by atoms with Gasteiger partial charge in [0.25, 0.3) is 5.91 Å². The van der Waals surface area contributed by atoms with Crippen LogP contribution in [0.1, 0.15) is 41.7 Å². The molecule has 1 aliphatic carbocycles. The van der Waals surface area contributed by atoms with Gasteiger partial charge >= 0.3 is 0 Å². The maximum absolute atomic E-state index is 12.8. The van der Waals surface area contributed by atoms with Crippen molar-refractivity contribution in [2.75, 3.05) is 19.6 Å². The van der Waals surface area contributed by atoms with Gasteiger partial charge in [-0.3, -0.25) is 14.5 Å². The van der Waals surface area contributed by atoms with Gasteiger partial charge in [-0.2, -0.15) is 0 Å². The molecule has 3 aliphatic rings. The van der Waals surface area contributed by atoms with Crippen LogP contribution in [0, 0.1) is 11.7 Å². The lowest BCUT2D eigenvalue weighted by Crippen LogP contribution is -2.56. The van der Waals surface area contributed by atoms with E-state index in [1.54, 1.807) is 22.9 Å². The van der Waals surface area contributed by atoms with Gasteiger partial charge in [0.05, 0.1) is 6.54 Å². The van der Waals surface area contributed by atoms with E-state index in [4.69, 9.17) is 5.73 Å². The third-order valence-electron chi connectivity index (χ3n) is 6.19. The summed E-state index contributed by atoms with van der Waals surface area (Å²) in [7, 11) is 0. The normalized spacial score (nSPS) is 20.9. The van der Waals surface area contributed by atoms with E-state index in [-0.39, 0.29) is 23.6 Å². The van der Waals surface area contributed by atoms with Crippen molar-refractivity contribution in [3.05, 3.63) is 63.8 Å². The van der Waals surface area contributed by atoms with E-state index >= 15 is 0 Å². The van der Waals surface area contributed by atoms with Crippen LogP contribution in [0.2, 0.25) is 0 Å². The second-order valence-electron chi connectivity index (χ2n) is 8.48. The van der Waals surface area contributed by atoms with Gasteiger partial charge in [0, 0.05) is 38.4 Å². The number of fused-ring (bicyclic) bond motifs is 2. The Balaban J connectivity index is 0.000000217. The molecule has 8 heteroatoms. The van der Waals surface area contributed by atoms with Crippen LogP contribution >= 0.6 is 0 Å². The summed E-state index contributed by atoms with van der Waals surface area (Å²) in [4.78, 5) is 28.7. The summed E-state index contributed by atoms with van der Waals surface area (Å²) >= 11 is 0. The van der Waals surface area contributed by atoms with E-state index in [9.17, 15) is 19.1 Å². The van der Waals surface area contributed by atoms with E-state index in [1.165, 1.54) is 31.0 Å². The minimum absolute atomic E-state index is 0.0463. The first kappa shape index (κ1) is 21.5. The molecule has 2 aromatic rings. The van der Waals surface area contributed by atoms with Crippen LogP contribution in [0.3, 0.4) is 0 Å². The smallest absolute Gasteiger partial charge is 0.275 e. The van der Waals surface area contributed by atoms with E-state index in [0.29, 0.717) is 19.6 Å². The molecule has 7 nitrogen and oxygen atoms in total. The molecule has 0 radical (unpaired) electrons. The quantitative estimate of drug-likeness (QED) is 0.782. The van der Waals surface area contributed by atoms with E-state index in [2.05, 4.69) is 4.90 Å². The van der Waals surface area contributed by atoms with Crippen molar-refractivity contribution in [2.45, 2.75) is 44.9 Å². The first-order valence-electron chi connectivity index (χ1n) is 10.9. The zero-order valence-electron chi connectivity index (χ0n) is 17.5. The zero-order valence-corrected chi connectivity index (χ0v) is 17.5. The van der Waals surface area contributed by atoms with Crippen molar-refractivity contribution in [2.24, 2.45) is 11.7 Å². The van der Waals surface area contributed by atoms with Gasteiger partial charge in [-0.05, 0) is 49.3 Å².